The first-order valence-corrected chi connectivity index (χ1v) is 6.23. The zero-order chi connectivity index (χ0) is 14.1. The van der Waals surface area contributed by atoms with E-state index in [9.17, 15) is 9.18 Å². The van der Waals surface area contributed by atoms with Gasteiger partial charge in [0.05, 0.1) is 0 Å². The summed E-state index contributed by atoms with van der Waals surface area (Å²) in [6, 6.07) is 5.60. The number of nitrogens with one attached hydrogen (secondary N) is 3. The van der Waals surface area contributed by atoms with Crippen molar-refractivity contribution in [2.24, 2.45) is 4.99 Å². The first-order chi connectivity index (χ1) is 9.15. The van der Waals surface area contributed by atoms with Crippen molar-refractivity contribution in [2.45, 2.75) is 13.8 Å². The van der Waals surface area contributed by atoms with Crippen LogP contribution in [0.4, 0.5) is 10.1 Å². The van der Waals surface area contributed by atoms with Crippen molar-refractivity contribution in [2.75, 3.05) is 25.0 Å². The molecule has 1 aromatic carbocycles. The molecule has 0 atom stereocenters. The Morgan fingerprint density at radius 1 is 1.15 bits per heavy atom. The van der Waals surface area contributed by atoms with Crippen LogP contribution in [0.5, 0.6) is 0 Å². The molecule has 7 heteroatoms. The Morgan fingerprint density at radius 3 is 2.20 bits per heavy atom. The first-order valence-electron chi connectivity index (χ1n) is 6.23. The van der Waals surface area contributed by atoms with E-state index in [2.05, 4.69) is 20.9 Å². The summed E-state index contributed by atoms with van der Waals surface area (Å²) in [6.07, 6.45) is 0. The number of carbonyl (C=O) groups excluding carboxylic acids is 1. The molecule has 0 heterocycles. The average Bonchev–Trinajstić information content (AvgIpc) is 2.39. The number of hydrogen-bond donors (Lipinski definition) is 3. The Kier molecular flexibility index (Phi) is 9.69. The van der Waals surface area contributed by atoms with Gasteiger partial charge in [0.25, 0.3) is 0 Å². The van der Waals surface area contributed by atoms with E-state index in [-0.39, 0.29) is 42.2 Å². The Morgan fingerprint density at radius 2 is 1.70 bits per heavy atom. The third-order valence-corrected chi connectivity index (χ3v) is 2.20. The Labute approximate surface area is 135 Å². The molecule has 1 amide bonds. The van der Waals surface area contributed by atoms with Crippen molar-refractivity contribution in [3.8, 4) is 0 Å². The molecule has 0 saturated heterocycles. The lowest BCUT2D eigenvalue weighted by atomic mass is 10.3. The number of anilines is 1. The molecule has 0 aromatic heterocycles. The largest absolute Gasteiger partial charge is 0.357 e. The number of aliphatic imine (C=N–C) groups is 1. The monoisotopic (exact) mass is 394 g/mol. The fourth-order valence-electron chi connectivity index (χ4n) is 1.39. The van der Waals surface area contributed by atoms with E-state index in [0.29, 0.717) is 11.6 Å². The van der Waals surface area contributed by atoms with E-state index in [1.54, 1.807) is 0 Å². The Bertz CT molecular complexity index is 429. The van der Waals surface area contributed by atoms with Gasteiger partial charge in [-0.2, -0.15) is 0 Å². The molecule has 1 aromatic rings. The third kappa shape index (κ3) is 7.27. The molecule has 0 aliphatic carbocycles. The lowest BCUT2D eigenvalue weighted by molar-refractivity contribution is -0.114. The number of hydrogen-bond acceptors (Lipinski definition) is 2. The normalized spacial score (nSPS) is 9.15. The zero-order valence-corrected chi connectivity index (χ0v) is 13.9. The van der Waals surface area contributed by atoms with Gasteiger partial charge in [-0.15, -0.1) is 24.0 Å². The van der Waals surface area contributed by atoms with Gasteiger partial charge in [0, 0.05) is 18.8 Å². The first kappa shape index (κ1) is 18.6. The van der Waals surface area contributed by atoms with Gasteiger partial charge in [0.15, 0.2) is 5.96 Å². The van der Waals surface area contributed by atoms with E-state index in [0.717, 1.165) is 13.1 Å². The highest BCUT2D eigenvalue weighted by Crippen LogP contribution is 2.07. The Balaban J connectivity index is 0.00000361. The van der Waals surface area contributed by atoms with Gasteiger partial charge in [-0.25, -0.2) is 9.38 Å². The lowest BCUT2D eigenvalue weighted by Gasteiger charge is -2.09. The smallest absolute Gasteiger partial charge is 0.246 e. The molecular weight excluding hydrogens is 374 g/mol. The van der Waals surface area contributed by atoms with Crippen molar-refractivity contribution < 1.29 is 9.18 Å². The summed E-state index contributed by atoms with van der Waals surface area (Å²) in [4.78, 5) is 15.8. The van der Waals surface area contributed by atoms with Crippen LogP contribution >= 0.6 is 24.0 Å². The molecule has 112 valence electrons. The van der Waals surface area contributed by atoms with Crippen LogP contribution in [0.25, 0.3) is 0 Å². The molecule has 0 bridgehead atoms. The molecule has 0 unspecified atom stereocenters. The maximum absolute atomic E-state index is 12.7. The molecule has 20 heavy (non-hydrogen) atoms. The number of benzene rings is 1. The quantitative estimate of drug-likeness (QED) is 0.407. The summed E-state index contributed by atoms with van der Waals surface area (Å²) < 4.78 is 12.7. The van der Waals surface area contributed by atoms with E-state index in [1.165, 1.54) is 24.3 Å². The molecule has 0 aliphatic rings. The van der Waals surface area contributed by atoms with E-state index in [1.807, 2.05) is 13.8 Å². The van der Waals surface area contributed by atoms with Crippen LogP contribution in [0.2, 0.25) is 0 Å². The fourth-order valence-corrected chi connectivity index (χ4v) is 1.39. The maximum atomic E-state index is 12.7. The van der Waals surface area contributed by atoms with Crippen molar-refractivity contribution >= 4 is 41.5 Å². The van der Waals surface area contributed by atoms with Crippen LogP contribution in [0.3, 0.4) is 0 Å². The van der Waals surface area contributed by atoms with Crippen LogP contribution in [0, 0.1) is 5.82 Å². The molecule has 0 aliphatic heterocycles. The standard InChI is InChI=1S/C13H19FN4O.HI/c1-3-15-13(16-4-2)17-9-12(19)18-11-7-5-10(14)6-8-11;/h5-8H,3-4,9H2,1-2H3,(H,18,19)(H2,15,16,17);1H. The SMILES string of the molecule is CCNC(=NCC(=O)Nc1ccc(F)cc1)NCC.I. The number of amides is 1. The van der Waals surface area contributed by atoms with Gasteiger partial charge in [0.2, 0.25) is 5.91 Å². The number of halogens is 2. The lowest BCUT2D eigenvalue weighted by Crippen LogP contribution is -2.37. The van der Waals surface area contributed by atoms with Crippen LogP contribution in [-0.2, 0) is 4.79 Å². The number of nitrogens with zero attached hydrogens (tertiary/aromatic N) is 1. The minimum atomic E-state index is -0.336. The third-order valence-electron chi connectivity index (χ3n) is 2.20. The predicted molar refractivity (Wildman–Crippen MR) is 90.1 cm³/mol. The number of carbonyl (C=O) groups is 1. The predicted octanol–water partition coefficient (Wildman–Crippen LogP) is 1.96. The van der Waals surface area contributed by atoms with Gasteiger partial charge >= 0.3 is 0 Å². The van der Waals surface area contributed by atoms with Crippen molar-refractivity contribution in [3.05, 3.63) is 30.1 Å². The van der Waals surface area contributed by atoms with Crippen LogP contribution < -0.4 is 16.0 Å². The summed E-state index contributed by atoms with van der Waals surface area (Å²) in [5, 5.41) is 8.68. The molecule has 1 rings (SSSR count). The van der Waals surface area contributed by atoms with E-state index >= 15 is 0 Å². The highest BCUT2D eigenvalue weighted by atomic mass is 127. The summed E-state index contributed by atoms with van der Waals surface area (Å²) in [5.74, 6) is 0.0109. The Hall–Kier alpha value is -1.38. The second-order valence-electron chi connectivity index (χ2n) is 3.78. The molecule has 5 nitrogen and oxygen atoms in total. The van der Waals surface area contributed by atoms with Gasteiger partial charge in [-0.1, -0.05) is 0 Å². The highest BCUT2D eigenvalue weighted by molar-refractivity contribution is 14.0. The van der Waals surface area contributed by atoms with Crippen molar-refractivity contribution in [1.29, 1.82) is 0 Å². The molecular formula is C13H20FIN4O. The highest BCUT2D eigenvalue weighted by Gasteiger charge is 2.02. The second kappa shape index (κ2) is 10.4. The van der Waals surface area contributed by atoms with Crippen LogP contribution in [0.1, 0.15) is 13.8 Å². The number of rotatable bonds is 5. The minimum Gasteiger partial charge on any atom is -0.357 e. The van der Waals surface area contributed by atoms with Crippen molar-refractivity contribution in [3.63, 3.8) is 0 Å². The van der Waals surface area contributed by atoms with Crippen molar-refractivity contribution in [1.82, 2.24) is 10.6 Å². The van der Waals surface area contributed by atoms with Crippen LogP contribution in [-0.4, -0.2) is 31.5 Å². The summed E-state index contributed by atoms with van der Waals surface area (Å²) in [7, 11) is 0. The van der Waals surface area contributed by atoms with Gasteiger partial charge in [-0.05, 0) is 38.1 Å². The molecule has 0 radical (unpaired) electrons. The van der Waals surface area contributed by atoms with Gasteiger partial charge < -0.3 is 16.0 Å². The molecule has 3 N–H and O–H groups in total. The fraction of sp³-hybridized carbons (Fsp3) is 0.385. The summed E-state index contributed by atoms with van der Waals surface area (Å²) >= 11 is 0. The summed E-state index contributed by atoms with van der Waals surface area (Å²) in [6.45, 7) is 5.36. The average molecular weight is 394 g/mol. The number of guanidine groups is 1. The zero-order valence-electron chi connectivity index (χ0n) is 11.6. The van der Waals surface area contributed by atoms with Gasteiger partial charge in [0.1, 0.15) is 12.4 Å². The van der Waals surface area contributed by atoms with E-state index in [4.69, 9.17) is 0 Å². The van der Waals surface area contributed by atoms with Gasteiger partial charge in [-0.3, -0.25) is 4.79 Å². The van der Waals surface area contributed by atoms with E-state index < -0.39 is 0 Å². The minimum absolute atomic E-state index is 0. The second-order valence-corrected chi connectivity index (χ2v) is 3.78. The summed E-state index contributed by atoms with van der Waals surface area (Å²) in [5.41, 5.74) is 0.551. The molecule has 0 fully saturated rings. The molecule has 0 spiro atoms. The molecule has 0 saturated carbocycles. The maximum Gasteiger partial charge on any atom is 0.246 e. The van der Waals surface area contributed by atoms with Crippen LogP contribution in [0.15, 0.2) is 29.3 Å². The topological polar surface area (TPSA) is 65.5 Å².